The van der Waals surface area contributed by atoms with Gasteiger partial charge in [0.05, 0.1) is 5.56 Å². The lowest BCUT2D eigenvalue weighted by Crippen LogP contribution is -2.19. The molecule has 1 N–H and O–H groups in total. The van der Waals surface area contributed by atoms with Crippen molar-refractivity contribution in [2.45, 2.75) is 47.0 Å². The molecule has 1 aromatic rings. The lowest BCUT2D eigenvalue weighted by atomic mass is 10.2. The van der Waals surface area contributed by atoms with Crippen molar-refractivity contribution in [3.63, 3.8) is 0 Å². The number of nitrogens with zero attached hydrogens (tertiary/aromatic N) is 1. The molecule has 17 heavy (non-hydrogen) atoms. The Morgan fingerprint density at radius 1 is 1.47 bits per heavy atom. The van der Waals surface area contributed by atoms with Gasteiger partial charge in [-0.2, -0.15) is 5.10 Å². The summed E-state index contributed by atoms with van der Waals surface area (Å²) in [6.07, 6.45) is 3.13. The number of carbonyl (C=O) groups is 1. The molecular weight excluding hydrogens is 216 g/mol. The first kappa shape index (κ1) is 13.5. The molecule has 0 radical (unpaired) electrons. The minimum Gasteiger partial charge on any atom is -0.466 e. The van der Waals surface area contributed by atoms with Crippen LogP contribution in [0.2, 0.25) is 0 Å². The molecule has 1 aromatic heterocycles. The summed E-state index contributed by atoms with van der Waals surface area (Å²) in [6, 6.07) is 1.72. The minimum atomic E-state index is -0.213. The molecule has 0 unspecified atom stereocenters. The second-order valence-electron chi connectivity index (χ2n) is 4.22. The number of hydrogen-bond acceptors (Lipinski definition) is 3. The van der Waals surface area contributed by atoms with Gasteiger partial charge in [0.2, 0.25) is 0 Å². The first-order valence-electron chi connectivity index (χ1n) is 5.95. The zero-order chi connectivity index (χ0) is 12.8. The SMILES string of the molecule is CCCC/C(C)=N\NC(=O)c1cc(C)oc1C. The quantitative estimate of drug-likeness (QED) is 0.630. The van der Waals surface area contributed by atoms with E-state index in [9.17, 15) is 4.79 Å². The molecule has 1 rings (SSSR count). The van der Waals surface area contributed by atoms with Crippen LogP contribution in [0.5, 0.6) is 0 Å². The zero-order valence-corrected chi connectivity index (χ0v) is 11.0. The number of amides is 1. The van der Waals surface area contributed by atoms with Crippen molar-refractivity contribution in [2.24, 2.45) is 5.10 Å². The first-order valence-corrected chi connectivity index (χ1v) is 5.95. The Morgan fingerprint density at radius 3 is 2.71 bits per heavy atom. The van der Waals surface area contributed by atoms with Gasteiger partial charge in [-0.15, -0.1) is 0 Å². The number of aryl methyl sites for hydroxylation is 2. The van der Waals surface area contributed by atoms with Crippen molar-refractivity contribution < 1.29 is 9.21 Å². The van der Waals surface area contributed by atoms with E-state index in [0.29, 0.717) is 11.3 Å². The summed E-state index contributed by atoms with van der Waals surface area (Å²) in [5.74, 6) is 1.15. The Morgan fingerprint density at radius 2 is 2.18 bits per heavy atom. The number of hydrazone groups is 1. The van der Waals surface area contributed by atoms with Gasteiger partial charge in [-0.3, -0.25) is 4.79 Å². The average molecular weight is 236 g/mol. The highest BCUT2D eigenvalue weighted by Gasteiger charge is 2.12. The van der Waals surface area contributed by atoms with E-state index in [-0.39, 0.29) is 5.91 Å². The number of hydrogen-bond donors (Lipinski definition) is 1. The highest BCUT2D eigenvalue weighted by Crippen LogP contribution is 2.13. The van der Waals surface area contributed by atoms with Crippen molar-refractivity contribution in [3.05, 3.63) is 23.2 Å². The van der Waals surface area contributed by atoms with Gasteiger partial charge in [-0.05, 0) is 39.7 Å². The fourth-order valence-corrected chi connectivity index (χ4v) is 1.55. The number of carbonyl (C=O) groups excluding carboxylic acids is 1. The van der Waals surface area contributed by atoms with Gasteiger partial charge in [0.25, 0.3) is 5.91 Å². The topological polar surface area (TPSA) is 54.6 Å². The zero-order valence-electron chi connectivity index (χ0n) is 11.0. The molecule has 0 aliphatic carbocycles. The summed E-state index contributed by atoms with van der Waals surface area (Å²) in [4.78, 5) is 11.8. The summed E-state index contributed by atoms with van der Waals surface area (Å²) in [7, 11) is 0. The van der Waals surface area contributed by atoms with Crippen LogP contribution in [-0.4, -0.2) is 11.6 Å². The highest BCUT2D eigenvalue weighted by atomic mass is 16.3. The standard InChI is InChI=1S/C13H20N2O2/c1-5-6-7-9(2)14-15-13(16)12-8-10(3)17-11(12)4/h8H,5-7H2,1-4H3,(H,15,16)/b14-9-. The number of rotatable bonds is 5. The van der Waals surface area contributed by atoms with Gasteiger partial charge in [0, 0.05) is 5.71 Å². The summed E-state index contributed by atoms with van der Waals surface area (Å²) >= 11 is 0. The lowest BCUT2D eigenvalue weighted by molar-refractivity contribution is 0.0953. The van der Waals surface area contributed by atoms with Crippen LogP contribution in [0.25, 0.3) is 0 Å². The first-order chi connectivity index (χ1) is 8.04. The van der Waals surface area contributed by atoms with Crippen molar-refractivity contribution in [2.75, 3.05) is 0 Å². The monoisotopic (exact) mass is 236 g/mol. The summed E-state index contributed by atoms with van der Waals surface area (Å²) < 4.78 is 5.30. The minimum absolute atomic E-state index is 0.213. The highest BCUT2D eigenvalue weighted by molar-refractivity contribution is 5.96. The maximum absolute atomic E-state index is 11.8. The fraction of sp³-hybridized carbons (Fsp3) is 0.538. The lowest BCUT2D eigenvalue weighted by Gasteiger charge is -2.01. The van der Waals surface area contributed by atoms with Crippen molar-refractivity contribution >= 4 is 11.6 Å². The molecular formula is C13H20N2O2. The van der Waals surface area contributed by atoms with Gasteiger partial charge in [-0.1, -0.05) is 13.3 Å². The van der Waals surface area contributed by atoms with E-state index in [2.05, 4.69) is 17.5 Å². The maximum atomic E-state index is 11.8. The van der Waals surface area contributed by atoms with E-state index in [1.807, 2.05) is 13.8 Å². The maximum Gasteiger partial charge on any atom is 0.274 e. The second-order valence-corrected chi connectivity index (χ2v) is 4.22. The van der Waals surface area contributed by atoms with Crippen LogP contribution < -0.4 is 5.43 Å². The van der Waals surface area contributed by atoms with Gasteiger partial charge in [0.15, 0.2) is 0 Å². The van der Waals surface area contributed by atoms with Crippen LogP contribution in [0.15, 0.2) is 15.6 Å². The predicted octanol–water partition coefficient (Wildman–Crippen LogP) is 3.19. The van der Waals surface area contributed by atoms with Gasteiger partial charge in [0.1, 0.15) is 11.5 Å². The molecule has 0 saturated carbocycles. The fourth-order valence-electron chi connectivity index (χ4n) is 1.55. The van der Waals surface area contributed by atoms with E-state index in [1.54, 1.807) is 13.0 Å². The average Bonchev–Trinajstić information content (AvgIpc) is 2.62. The largest absolute Gasteiger partial charge is 0.466 e. The second kappa shape index (κ2) is 6.23. The molecule has 0 aliphatic heterocycles. The number of furan rings is 1. The smallest absolute Gasteiger partial charge is 0.274 e. The third kappa shape index (κ3) is 4.06. The van der Waals surface area contributed by atoms with Crippen LogP contribution >= 0.6 is 0 Å². The van der Waals surface area contributed by atoms with Crippen LogP contribution in [0.4, 0.5) is 0 Å². The molecule has 0 fully saturated rings. The molecule has 4 heteroatoms. The Labute approximate surface area is 102 Å². The summed E-state index contributed by atoms with van der Waals surface area (Å²) in [6.45, 7) is 7.64. The van der Waals surface area contributed by atoms with Crippen molar-refractivity contribution in [3.8, 4) is 0 Å². The molecule has 0 bridgehead atoms. The summed E-state index contributed by atoms with van der Waals surface area (Å²) in [5.41, 5.74) is 4.04. The van der Waals surface area contributed by atoms with E-state index in [0.717, 1.165) is 30.7 Å². The van der Waals surface area contributed by atoms with Gasteiger partial charge >= 0.3 is 0 Å². The Bertz CT molecular complexity index is 419. The van der Waals surface area contributed by atoms with E-state index in [1.165, 1.54) is 0 Å². The molecule has 1 heterocycles. The predicted molar refractivity (Wildman–Crippen MR) is 68.3 cm³/mol. The van der Waals surface area contributed by atoms with Crippen molar-refractivity contribution in [1.29, 1.82) is 0 Å². The molecule has 1 amide bonds. The van der Waals surface area contributed by atoms with Gasteiger partial charge in [-0.25, -0.2) is 5.43 Å². The third-order valence-corrected chi connectivity index (χ3v) is 2.53. The molecule has 0 spiro atoms. The van der Waals surface area contributed by atoms with E-state index in [4.69, 9.17) is 4.42 Å². The normalized spacial score (nSPS) is 11.6. The van der Waals surface area contributed by atoms with E-state index < -0.39 is 0 Å². The Balaban J connectivity index is 2.58. The third-order valence-electron chi connectivity index (χ3n) is 2.53. The van der Waals surface area contributed by atoms with Crippen LogP contribution in [-0.2, 0) is 0 Å². The van der Waals surface area contributed by atoms with Gasteiger partial charge < -0.3 is 4.42 Å². The van der Waals surface area contributed by atoms with Crippen LogP contribution in [0, 0.1) is 13.8 Å². The van der Waals surface area contributed by atoms with Crippen molar-refractivity contribution in [1.82, 2.24) is 5.43 Å². The molecule has 0 atom stereocenters. The molecule has 0 aliphatic rings. The number of unbranched alkanes of at least 4 members (excludes halogenated alkanes) is 1. The van der Waals surface area contributed by atoms with Crippen LogP contribution in [0.1, 0.15) is 55.0 Å². The van der Waals surface area contributed by atoms with E-state index >= 15 is 0 Å². The molecule has 0 aromatic carbocycles. The Hall–Kier alpha value is -1.58. The van der Waals surface area contributed by atoms with Crippen LogP contribution in [0.3, 0.4) is 0 Å². The molecule has 0 saturated heterocycles. The number of nitrogens with one attached hydrogen (secondary N) is 1. The molecule has 94 valence electrons. The molecule has 4 nitrogen and oxygen atoms in total. The Kier molecular flexibility index (Phi) is 4.94. The summed E-state index contributed by atoms with van der Waals surface area (Å²) in [5, 5.41) is 4.06.